The lowest BCUT2D eigenvalue weighted by molar-refractivity contribution is -0.275. The van der Waals surface area contributed by atoms with Gasteiger partial charge in [0, 0.05) is 13.1 Å². The van der Waals surface area contributed by atoms with Crippen LogP contribution in [-0.4, -0.2) is 47.3 Å². The van der Waals surface area contributed by atoms with E-state index in [1.807, 2.05) is 0 Å². The molecule has 35 heavy (non-hydrogen) atoms. The van der Waals surface area contributed by atoms with Crippen molar-refractivity contribution >= 4 is 11.9 Å². The third-order valence-electron chi connectivity index (χ3n) is 4.97. The van der Waals surface area contributed by atoms with Gasteiger partial charge < -0.3 is 20.3 Å². The molecular formula is C20H16F8N4O3. The lowest BCUT2D eigenvalue weighted by Gasteiger charge is -2.34. The highest BCUT2D eigenvalue weighted by molar-refractivity contribution is 5.88. The maximum atomic E-state index is 14.3. The van der Waals surface area contributed by atoms with E-state index < -0.39 is 65.3 Å². The van der Waals surface area contributed by atoms with Gasteiger partial charge in [-0.3, -0.25) is 4.79 Å². The molecule has 0 radical (unpaired) electrons. The summed E-state index contributed by atoms with van der Waals surface area (Å²) in [6.07, 6.45) is -10.4. The molecule has 0 saturated carbocycles. The van der Waals surface area contributed by atoms with Crippen LogP contribution in [0.1, 0.15) is 29.9 Å². The largest absolute Gasteiger partial charge is 0.573 e. The lowest BCUT2D eigenvalue weighted by Crippen LogP contribution is -2.58. The molecule has 0 bridgehead atoms. The summed E-state index contributed by atoms with van der Waals surface area (Å²) in [4.78, 5) is 29.0. The smallest absolute Gasteiger partial charge is 0.403 e. The summed E-state index contributed by atoms with van der Waals surface area (Å²) in [5.41, 5.74) is -2.84. The summed E-state index contributed by atoms with van der Waals surface area (Å²) in [6, 6.07) is -0.475. The van der Waals surface area contributed by atoms with Gasteiger partial charge >= 0.3 is 18.6 Å². The van der Waals surface area contributed by atoms with Crippen LogP contribution in [0.25, 0.3) is 0 Å². The first-order valence-electron chi connectivity index (χ1n) is 9.81. The SMILES string of the molecule is C[C@@H]1C(=O)NCCN1C(=O)NC(c1ccc(OC(F)(F)F)c(F)c1)c1ccc(F)c(C(F)(F)F)n1. The number of rotatable bonds is 4. The van der Waals surface area contributed by atoms with E-state index in [-0.39, 0.29) is 18.7 Å². The number of nitrogens with zero attached hydrogens (tertiary/aromatic N) is 2. The monoisotopic (exact) mass is 512 g/mol. The predicted octanol–water partition coefficient (Wildman–Crippen LogP) is 3.90. The van der Waals surface area contributed by atoms with Crippen LogP contribution in [0.5, 0.6) is 5.75 Å². The average molecular weight is 512 g/mol. The summed E-state index contributed by atoms with van der Waals surface area (Å²) in [7, 11) is 0. The van der Waals surface area contributed by atoms with Crippen molar-refractivity contribution < 1.29 is 49.4 Å². The van der Waals surface area contributed by atoms with Gasteiger partial charge in [-0.25, -0.2) is 18.6 Å². The van der Waals surface area contributed by atoms with Gasteiger partial charge in [0.25, 0.3) is 0 Å². The number of carbonyl (C=O) groups excluding carboxylic acids is 2. The molecule has 2 aromatic rings. The fraction of sp³-hybridized carbons (Fsp3) is 0.350. The molecule has 1 aromatic heterocycles. The minimum Gasteiger partial charge on any atom is -0.403 e. The molecule has 3 amide bonds. The van der Waals surface area contributed by atoms with Crippen molar-refractivity contribution in [2.24, 2.45) is 0 Å². The maximum Gasteiger partial charge on any atom is 0.573 e. The molecule has 1 aliphatic rings. The van der Waals surface area contributed by atoms with Crippen LogP contribution >= 0.6 is 0 Å². The Bertz CT molecular complexity index is 1120. The number of nitrogens with one attached hydrogen (secondary N) is 2. The van der Waals surface area contributed by atoms with Crippen LogP contribution in [0.15, 0.2) is 30.3 Å². The van der Waals surface area contributed by atoms with Crippen molar-refractivity contribution in [2.45, 2.75) is 31.5 Å². The zero-order chi connectivity index (χ0) is 26.1. The quantitative estimate of drug-likeness (QED) is 0.609. The van der Waals surface area contributed by atoms with E-state index in [4.69, 9.17) is 0 Å². The van der Waals surface area contributed by atoms with Crippen LogP contribution in [0, 0.1) is 11.6 Å². The first kappa shape index (κ1) is 26.0. The van der Waals surface area contributed by atoms with Crippen molar-refractivity contribution in [2.75, 3.05) is 13.1 Å². The Balaban J connectivity index is 2.04. The molecule has 1 saturated heterocycles. The van der Waals surface area contributed by atoms with Gasteiger partial charge in [0.2, 0.25) is 5.91 Å². The highest BCUT2D eigenvalue weighted by Gasteiger charge is 2.38. The summed E-state index contributed by atoms with van der Waals surface area (Å²) in [5, 5.41) is 4.79. The third-order valence-corrected chi connectivity index (χ3v) is 4.97. The second-order valence-electron chi connectivity index (χ2n) is 7.34. The molecule has 2 atom stereocenters. The molecule has 7 nitrogen and oxygen atoms in total. The summed E-state index contributed by atoms with van der Waals surface area (Å²) >= 11 is 0. The van der Waals surface area contributed by atoms with Crippen molar-refractivity contribution in [1.29, 1.82) is 0 Å². The van der Waals surface area contributed by atoms with E-state index in [0.29, 0.717) is 18.2 Å². The van der Waals surface area contributed by atoms with E-state index in [2.05, 4.69) is 20.4 Å². The van der Waals surface area contributed by atoms with E-state index in [9.17, 15) is 44.7 Å². The van der Waals surface area contributed by atoms with E-state index >= 15 is 0 Å². The molecule has 2 N–H and O–H groups in total. The average Bonchev–Trinajstić information content (AvgIpc) is 2.74. The molecule has 1 aromatic carbocycles. The highest BCUT2D eigenvalue weighted by Crippen LogP contribution is 2.33. The minimum absolute atomic E-state index is 0.0167. The molecule has 1 unspecified atom stereocenters. The van der Waals surface area contributed by atoms with Gasteiger partial charge in [-0.15, -0.1) is 13.2 Å². The number of pyridine rings is 1. The number of hydrogen-bond donors (Lipinski definition) is 2. The number of piperazine rings is 1. The molecule has 3 rings (SSSR count). The second kappa shape index (κ2) is 9.54. The number of halogens is 8. The van der Waals surface area contributed by atoms with Crippen LogP contribution in [0.2, 0.25) is 0 Å². The van der Waals surface area contributed by atoms with E-state index in [1.165, 1.54) is 6.92 Å². The molecule has 2 heterocycles. The Hall–Kier alpha value is -3.65. The van der Waals surface area contributed by atoms with Crippen LogP contribution in [0.3, 0.4) is 0 Å². The molecule has 1 aliphatic heterocycles. The molecule has 0 aliphatic carbocycles. The van der Waals surface area contributed by atoms with E-state index in [1.54, 1.807) is 0 Å². The first-order valence-corrected chi connectivity index (χ1v) is 9.81. The number of benzene rings is 1. The minimum atomic E-state index is -5.22. The zero-order valence-corrected chi connectivity index (χ0v) is 17.6. The normalized spacial score (nSPS) is 17.6. The van der Waals surface area contributed by atoms with Crippen LogP contribution in [-0.2, 0) is 11.0 Å². The van der Waals surface area contributed by atoms with Gasteiger partial charge in [0.15, 0.2) is 23.1 Å². The van der Waals surface area contributed by atoms with Gasteiger partial charge in [-0.2, -0.15) is 13.2 Å². The topological polar surface area (TPSA) is 83.6 Å². The Morgan fingerprint density at radius 2 is 1.83 bits per heavy atom. The van der Waals surface area contributed by atoms with Gasteiger partial charge in [0.1, 0.15) is 6.04 Å². The molecule has 190 valence electrons. The number of aromatic nitrogens is 1. The predicted molar refractivity (Wildman–Crippen MR) is 102 cm³/mol. The zero-order valence-electron chi connectivity index (χ0n) is 17.6. The Morgan fingerprint density at radius 1 is 1.14 bits per heavy atom. The van der Waals surface area contributed by atoms with Crippen LogP contribution in [0.4, 0.5) is 39.9 Å². The molecular weight excluding hydrogens is 496 g/mol. The van der Waals surface area contributed by atoms with Gasteiger partial charge in [-0.1, -0.05) is 6.07 Å². The Morgan fingerprint density at radius 3 is 2.43 bits per heavy atom. The first-order chi connectivity index (χ1) is 16.2. The standard InChI is InChI=1S/C20H16F8N4O3/c1-9-17(33)29-6-7-32(9)18(34)31-15(13-4-3-11(21)16(30-13)19(23,24)25)10-2-5-14(12(22)8-10)35-20(26,27)28/h2-5,8-9,15H,6-7H2,1H3,(H,29,33)(H,31,34)/t9-,15?/m1/s1. The summed E-state index contributed by atoms with van der Waals surface area (Å²) in [6.45, 7) is 1.47. The fourth-order valence-electron chi connectivity index (χ4n) is 3.32. The summed E-state index contributed by atoms with van der Waals surface area (Å²) < 4.78 is 109. The Kier molecular flexibility index (Phi) is 7.08. The number of ether oxygens (including phenoxy) is 1. The molecule has 1 fully saturated rings. The maximum absolute atomic E-state index is 14.3. The second-order valence-corrected chi connectivity index (χ2v) is 7.34. The highest BCUT2D eigenvalue weighted by atomic mass is 19.4. The van der Waals surface area contributed by atoms with Crippen molar-refractivity contribution in [1.82, 2.24) is 20.5 Å². The number of alkyl halides is 6. The third kappa shape index (κ3) is 6.08. The number of hydrogen-bond acceptors (Lipinski definition) is 4. The van der Waals surface area contributed by atoms with Gasteiger partial charge in [-0.05, 0) is 36.8 Å². The van der Waals surface area contributed by atoms with Crippen molar-refractivity contribution in [3.63, 3.8) is 0 Å². The fourth-order valence-corrected chi connectivity index (χ4v) is 3.32. The van der Waals surface area contributed by atoms with Gasteiger partial charge in [0.05, 0.1) is 11.7 Å². The number of carbonyl (C=O) groups is 2. The molecule has 0 spiro atoms. The van der Waals surface area contributed by atoms with E-state index in [0.717, 1.165) is 17.0 Å². The number of amides is 3. The summed E-state index contributed by atoms with van der Waals surface area (Å²) in [5.74, 6) is -4.99. The van der Waals surface area contributed by atoms with Crippen molar-refractivity contribution in [3.05, 3.63) is 58.9 Å². The van der Waals surface area contributed by atoms with Crippen LogP contribution < -0.4 is 15.4 Å². The Labute approximate surface area is 192 Å². The van der Waals surface area contributed by atoms with Crippen molar-refractivity contribution in [3.8, 4) is 5.75 Å². The molecule has 15 heteroatoms. The number of urea groups is 1. The lowest BCUT2D eigenvalue weighted by atomic mass is 10.0.